The van der Waals surface area contributed by atoms with E-state index >= 15 is 0 Å². The van der Waals surface area contributed by atoms with Crippen LogP contribution in [-0.2, 0) is 18.6 Å². The minimum atomic E-state index is -0.351. The number of nitrogens with zero attached hydrogens (tertiary/aromatic N) is 3. The SMILES string of the molecule is O=C(Nc1ccc(SCc2cccnc2)cc1)c1nn(-c2ccccc2F)c2c1CCC2. The van der Waals surface area contributed by atoms with Crippen LogP contribution in [0.15, 0.2) is 78.0 Å². The normalized spacial score (nSPS) is 12.5. The Morgan fingerprint density at radius 1 is 1.06 bits per heavy atom. The summed E-state index contributed by atoms with van der Waals surface area (Å²) in [5.41, 5.74) is 4.44. The molecule has 1 aliphatic carbocycles. The average molecular weight is 445 g/mol. The van der Waals surface area contributed by atoms with Crippen molar-refractivity contribution in [3.05, 3.63) is 101 Å². The fourth-order valence-electron chi connectivity index (χ4n) is 3.92. The first-order valence-electron chi connectivity index (χ1n) is 10.5. The molecule has 32 heavy (non-hydrogen) atoms. The number of hydrogen-bond acceptors (Lipinski definition) is 4. The van der Waals surface area contributed by atoms with Crippen LogP contribution < -0.4 is 5.32 Å². The van der Waals surface area contributed by atoms with Crippen molar-refractivity contribution in [1.29, 1.82) is 0 Å². The molecule has 0 aliphatic heterocycles. The summed E-state index contributed by atoms with van der Waals surface area (Å²) < 4.78 is 15.9. The number of anilines is 1. The molecule has 0 spiro atoms. The number of carbonyl (C=O) groups is 1. The Balaban J connectivity index is 1.31. The molecule has 0 saturated heterocycles. The number of fused-ring (bicyclic) bond motifs is 1. The number of nitrogens with one attached hydrogen (secondary N) is 1. The van der Waals surface area contributed by atoms with E-state index in [9.17, 15) is 9.18 Å². The fourth-order valence-corrected chi connectivity index (χ4v) is 4.75. The van der Waals surface area contributed by atoms with Gasteiger partial charge in [-0.25, -0.2) is 9.07 Å². The monoisotopic (exact) mass is 444 g/mol. The number of rotatable bonds is 6. The van der Waals surface area contributed by atoms with Gasteiger partial charge in [0, 0.05) is 40.0 Å². The van der Waals surface area contributed by atoms with Crippen molar-refractivity contribution in [1.82, 2.24) is 14.8 Å². The van der Waals surface area contributed by atoms with Crippen molar-refractivity contribution in [2.75, 3.05) is 5.32 Å². The predicted molar refractivity (Wildman–Crippen MR) is 124 cm³/mol. The van der Waals surface area contributed by atoms with Crippen molar-refractivity contribution in [2.24, 2.45) is 0 Å². The summed E-state index contributed by atoms with van der Waals surface area (Å²) in [5, 5.41) is 7.43. The molecule has 5 rings (SSSR count). The number of carbonyl (C=O) groups excluding carboxylic acids is 1. The maximum absolute atomic E-state index is 14.3. The molecular weight excluding hydrogens is 423 g/mol. The van der Waals surface area contributed by atoms with Gasteiger partial charge in [-0.2, -0.15) is 5.10 Å². The van der Waals surface area contributed by atoms with Crippen molar-refractivity contribution in [2.45, 2.75) is 29.9 Å². The summed E-state index contributed by atoms with van der Waals surface area (Å²) in [6.45, 7) is 0. The van der Waals surface area contributed by atoms with Gasteiger partial charge < -0.3 is 5.32 Å². The van der Waals surface area contributed by atoms with Crippen LogP contribution in [0.4, 0.5) is 10.1 Å². The highest BCUT2D eigenvalue weighted by Gasteiger charge is 2.27. The molecule has 0 bridgehead atoms. The van der Waals surface area contributed by atoms with Gasteiger partial charge in [0.05, 0.1) is 0 Å². The van der Waals surface area contributed by atoms with Crippen LogP contribution in [0, 0.1) is 5.82 Å². The number of pyridine rings is 1. The molecular formula is C25H21FN4OS. The summed E-state index contributed by atoms with van der Waals surface area (Å²) >= 11 is 1.71. The molecule has 2 aromatic heterocycles. The predicted octanol–water partition coefficient (Wildman–Crippen LogP) is 5.44. The lowest BCUT2D eigenvalue weighted by Gasteiger charge is -2.07. The Labute approximate surface area is 189 Å². The average Bonchev–Trinajstić information content (AvgIpc) is 3.43. The van der Waals surface area contributed by atoms with Gasteiger partial charge in [0.25, 0.3) is 5.91 Å². The van der Waals surface area contributed by atoms with Gasteiger partial charge in [-0.1, -0.05) is 18.2 Å². The van der Waals surface area contributed by atoms with Gasteiger partial charge in [0.2, 0.25) is 0 Å². The number of para-hydroxylation sites is 1. The first kappa shape index (κ1) is 20.5. The van der Waals surface area contributed by atoms with Gasteiger partial charge in [0.15, 0.2) is 5.69 Å². The topological polar surface area (TPSA) is 59.8 Å². The van der Waals surface area contributed by atoms with E-state index < -0.39 is 0 Å². The van der Waals surface area contributed by atoms with E-state index in [1.54, 1.807) is 40.8 Å². The van der Waals surface area contributed by atoms with Crippen molar-refractivity contribution in [3.63, 3.8) is 0 Å². The zero-order valence-corrected chi connectivity index (χ0v) is 18.1. The summed E-state index contributed by atoms with van der Waals surface area (Å²) in [6.07, 6.45) is 6.12. The van der Waals surface area contributed by atoms with Gasteiger partial charge in [0.1, 0.15) is 11.5 Å². The van der Waals surface area contributed by atoms with E-state index in [4.69, 9.17) is 0 Å². The van der Waals surface area contributed by atoms with Gasteiger partial charge in [-0.3, -0.25) is 9.78 Å². The molecule has 5 nitrogen and oxygen atoms in total. The Kier molecular flexibility index (Phi) is 5.73. The van der Waals surface area contributed by atoms with Crippen molar-refractivity contribution < 1.29 is 9.18 Å². The molecule has 4 aromatic rings. The Morgan fingerprint density at radius 2 is 1.91 bits per heavy atom. The van der Waals surface area contributed by atoms with E-state index in [1.165, 1.54) is 6.07 Å². The number of amides is 1. The van der Waals surface area contributed by atoms with Gasteiger partial charge >= 0.3 is 0 Å². The second-order valence-electron chi connectivity index (χ2n) is 7.62. The van der Waals surface area contributed by atoms with E-state index in [0.29, 0.717) is 17.1 Å². The molecule has 2 aromatic carbocycles. The lowest BCUT2D eigenvalue weighted by Crippen LogP contribution is -2.15. The van der Waals surface area contributed by atoms with Crippen LogP contribution in [0.5, 0.6) is 0 Å². The highest BCUT2D eigenvalue weighted by atomic mass is 32.2. The van der Waals surface area contributed by atoms with Crippen molar-refractivity contribution in [3.8, 4) is 5.69 Å². The summed E-state index contributed by atoms with van der Waals surface area (Å²) in [6, 6.07) is 18.2. The third-order valence-electron chi connectivity index (χ3n) is 5.47. The van der Waals surface area contributed by atoms with Crippen LogP contribution in [0.3, 0.4) is 0 Å². The van der Waals surface area contributed by atoms with E-state index in [0.717, 1.165) is 46.7 Å². The van der Waals surface area contributed by atoms with Crippen LogP contribution in [0.2, 0.25) is 0 Å². The highest BCUT2D eigenvalue weighted by Crippen LogP contribution is 2.29. The molecule has 0 radical (unpaired) electrons. The number of benzene rings is 2. The minimum absolute atomic E-state index is 0.269. The third kappa shape index (κ3) is 4.16. The molecule has 1 aliphatic rings. The lowest BCUT2D eigenvalue weighted by atomic mass is 10.2. The Hall–Kier alpha value is -3.45. The highest BCUT2D eigenvalue weighted by molar-refractivity contribution is 7.98. The number of halogens is 1. The summed E-state index contributed by atoms with van der Waals surface area (Å²) in [7, 11) is 0. The maximum atomic E-state index is 14.3. The smallest absolute Gasteiger partial charge is 0.276 e. The molecule has 0 unspecified atom stereocenters. The van der Waals surface area contributed by atoms with Crippen LogP contribution in [-0.4, -0.2) is 20.7 Å². The van der Waals surface area contributed by atoms with E-state index in [-0.39, 0.29) is 11.7 Å². The zero-order valence-electron chi connectivity index (χ0n) is 17.3. The van der Waals surface area contributed by atoms with E-state index in [1.807, 2.05) is 42.6 Å². The summed E-state index contributed by atoms with van der Waals surface area (Å²) in [5.74, 6) is 0.212. The third-order valence-corrected chi connectivity index (χ3v) is 6.55. The largest absolute Gasteiger partial charge is 0.321 e. The first-order chi connectivity index (χ1) is 15.7. The van der Waals surface area contributed by atoms with Crippen LogP contribution >= 0.6 is 11.8 Å². The number of hydrogen-bond donors (Lipinski definition) is 1. The Morgan fingerprint density at radius 3 is 2.69 bits per heavy atom. The Bertz CT molecular complexity index is 1250. The number of aromatic nitrogens is 3. The van der Waals surface area contributed by atoms with Crippen molar-refractivity contribution >= 4 is 23.4 Å². The van der Waals surface area contributed by atoms with E-state index in [2.05, 4.69) is 15.4 Å². The molecule has 1 N–H and O–H groups in total. The molecule has 0 atom stereocenters. The van der Waals surface area contributed by atoms with Crippen LogP contribution in [0.1, 0.15) is 33.7 Å². The van der Waals surface area contributed by atoms with Gasteiger partial charge in [-0.05, 0) is 67.3 Å². The number of thioether (sulfide) groups is 1. The molecule has 0 fully saturated rings. The zero-order chi connectivity index (χ0) is 21.9. The first-order valence-corrected chi connectivity index (χ1v) is 11.5. The van der Waals surface area contributed by atoms with Gasteiger partial charge in [-0.15, -0.1) is 11.8 Å². The summed E-state index contributed by atoms with van der Waals surface area (Å²) in [4.78, 5) is 18.2. The molecule has 1 amide bonds. The lowest BCUT2D eigenvalue weighted by molar-refractivity contribution is 0.102. The minimum Gasteiger partial charge on any atom is -0.321 e. The maximum Gasteiger partial charge on any atom is 0.276 e. The van der Waals surface area contributed by atoms with Crippen LogP contribution in [0.25, 0.3) is 5.69 Å². The molecule has 2 heterocycles. The standard InChI is InChI=1S/C25H21FN4OS/c26-21-7-1-2-8-23(21)30-22-9-3-6-20(22)24(29-30)25(31)28-18-10-12-19(13-11-18)32-16-17-5-4-14-27-15-17/h1-2,4-5,7-8,10-15H,3,6,9,16H2,(H,28,31). The molecule has 0 saturated carbocycles. The molecule has 7 heteroatoms. The molecule has 160 valence electrons. The quantitative estimate of drug-likeness (QED) is 0.402. The fraction of sp³-hybridized carbons (Fsp3) is 0.160. The second-order valence-corrected chi connectivity index (χ2v) is 8.67. The second kappa shape index (κ2) is 8.96.